The molecule has 1 fully saturated rings. The van der Waals surface area contributed by atoms with Gasteiger partial charge in [0.25, 0.3) is 0 Å². The highest BCUT2D eigenvalue weighted by Crippen LogP contribution is 2.15. The van der Waals surface area contributed by atoms with E-state index in [0.717, 1.165) is 25.9 Å². The van der Waals surface area contributed by atoms with Crippen LogP contribution in [0.15, 0.2) is 18.5 Å². The minimum Gasteiger partial charge on any atom is -0.352 e. The van der Waals surface area contributed by atoms with Crippen LogP contribution in [0.1, 0.15) is 44.7 Å². The first kappa shape index (κ1) is 13.1. The van der Waals surface area contributed by atoms with Crippen LogP contribution in [-0.2, 0) is 11.3 Å². The van der Waals surface area contributed by atoms with Gasteiger partial charge in [-0.2, -0.15) is 0 Å². The molecule has 1 aliphatic heterocycles. The normalized spacial score (nSPS) is 21.0. The third-order valence-corrected chi connectivity index (χ3v) is 3.49. The lowest BCUT2D eigenvalue weighted by Crippen LogP contribution is -2.29. The molecule has 0 aliphatic carbocycles. The molecule has 2 N–H and O–H groups in total. The molecule has 2 atom stereocenters. The SMILES string of the molecule is CCCNC(C)c1ccn(CC2CCC(=O)N2)c1. The first-order valence-corrected chi connectivity index (χ1v) is 6.87. The highest BCUT2D eigenvalue weighted by molar-refractivity contribution is 5.78. The van der Waals surface area contributed by atoms with Crippen molar-refractivity contribution in [1.29, 1.82) is 0 Å². The number of nitrogens with one attached hydrogen (secondary N) is 2. The van der Waals surface area contributed by atoms with Crippen LogP contribution in [-0.4, -0.2) is 23.1 Å². The average molecular weight is 249 g/mol. The predicted molar refractivity (Wildman–Crippen MR) is 72.3 cm³/mol. The zero-order chi connectivity index (χ0) is 13.0. The average Bonchev–Trinajstić information content (AvgIpc) is 2.96. The Morgan fingerprint density at radius 3 is 3.11 bits per heavy atom. The number of hydrogen-bond acceptors (Lipinski definition) is 2. The lowest BCUT2D eigenvalue weighted by Gasteiger charge is -2.12. The summed E-state index contributed by atoms with van der Waals surface area (Å²) in [7, 11) is 0. The van der Waals surface area contributed by atoms with Gasteiger partial charge in [-0.05, 0) is 37.9 Å². The van der Waals surface area contributed by atoms with Crippen LogP contribution in [0.5, 0.6) is 0 Å². The van der Waals surface area contributed by atoms with Gasteiger partial charge >= 0.3 is 0 Å². The second-order valence-corrected chi connectivity index (χ2v) is 5.12. The summed E-state index contributed by atoms with van der Waals surface area (Å²) >= 11 is 0. The highest BCUT2D eigenvalue weighted by atomic mass is 16.1. The minimum atomic E-state index is 0.186. The predicted octanol–water partition coefficient (Wildman–Crippen LogP) is 1.83. The maximum atomic E-state index is 11.1. The number of amides is 1. The summed E-state index contributed by atoms with van der Waals surface area (Å²) in [5, 5.41) is 6.48. The molecule has 1 saturated heterocycles. The molecule has 4 heteroatoms. The molecule has 2 heterocycles. The van der Waals surface area contributed by atoms with Crippen molar-refractivity contribution in [2.24, 2.45) is 0 Å². The van der Waals surface area contributed by atoms with Gasteiger partial charge in [0.2, 0.25) is 5.91 Å². The van der Waals surface area contributed by atoms with Gasteiger partial charge < -0.3 is 15.2 Å². The van der Waals surface area contributed by atoms with E-state index in [1.54, 1.807) is 0 Å². The van der Waals surface area contributed by atoms with E-state index in [-0.39, 0.29) is 5.91 Å². The quantitative estimate of drug-likeness (QED) is 0.808. The molecule has 4 nitrogen and oxygen atoms in total. The Morgan fingerprint density at radius 2 is 2.44 bits per heavy atom. The summed E-state index contributed by atoms with van der Waals surface area (Å²) < 4.78 is 2.18. The largest absolute Gasteiger partial charge is 0.352 e. The van der Waals surface area contributed by atoms with E-state index in [0.29, 0.717) is 18.5 Å². The molecule has 0 bridgehead atoms. The van der Waals surface area contributed by atoms with Crippen molar-refractivity contribution in [3.05, 3.63) is 24.0 Å². The van der Waals surface area contributed by atoms with Crippen LogP contribution in [0.2, 0.25) is 0 Å². The third kappa shape index (κ3) is 3.35. The van der Waals surface area contributed by atoms with Crippen molar-refractivity contribution in [3.8, 4) is 0 Å². The number of carbonyl (C=O) groups excluding carboxylic acids is 1. The lowest BCUT2D eigenvalue weighted by molar-refractivity contribution is -0.119. The zero-order valence-electron chi connectivity index (χ0n) is 11.3. The molecule has 18 heavy (non-hydrogen) atoms. The Labute approximate surface area is 109 Å². The monoisotopic (exact) mass is 249 g/mol. The van der Waals surface area contributed by atoms with Gasteiger partial charge in [-0.1, -0.05) is 6.92 Å². The number of nitrogens with zero attached hydrogens (tertiary/aromatic N) is 1. The highest BCUT2D eigenvalue weighted by Gasteiger charge is 2.20. The van der Waals surface area contributed by atoms with E-state index >= 15 is 0 Å². The molecule has 0 saturated carbocycles. The van der Waals surface area contributed by atoms with Gasteiger partial charge in [-0.25, -0.2) is 0 Å². The minimum absolute atomic E-state index is 0.186. The zero-order valence-corrected chi connectivity index (χ0v) is 11.3. The van der Waals surface area contributed by atoms with Gasteiger partial charge in [-0.3, -0.25) is 4.79 Å². The molecular formula is C14H23N3O. The lowest BCUT2D eigenvalue weighted by atomic mass is 10.2. The first-order valence-electron chi connectivity index (χ1n) is 6.87. The summed E-state index contributed by atoms with van der Waals surface area (Å²) in [6.45, 7) is 6.29. The molecular weight excluding hydrogens is 226 g/mol. The molecule has 0 aromatic carbocycles. The molecule has 0 radical (unpaired) electrons. The van der Waals surface area contributed by atoms with Crippen molar-refractivity contribution in [2.75, 3.05) is 6.54 Å². The fourth-order valence-corrected chi connectivity index (χ4v) is 2.38. The fourth-order valence-electron chi connectivity index (χ4n) is 2.38. The van der Waals surface area contributed by atoms with E-state index in [4.69, 9.17) is 0 Å². The summed E-state index contributed by atoms with van der Waals surface area (Å²) in [5.41, 5.74) is 1.31. The fraction of sp³-hybridized carbons (Fsp3) is 0.643. The molecule has 1 aromatic rings. The van der Waals surface area contributed by atoms with Crippen LogP contribution in [0.4, 0.5) is 0 Å². The van der Waals surface area contributed by atoms with Crippen molar-refractivity contribution in [1.82, 2.24) is 15.2 Å². The van der Waals surface area contributed by atoms with Gasteiger partial charge in [0.15, 0.2) is 0 Å². The summed E-state index contributed by atoms with van der Waals surface area (Å²) in [6.07, 6.45) is 7.06. The summed E-state index contributed by atoms with van der Waals surface area (Å²) in [4.78, 5) is 11.1. The van der Waals surface area contributed by atoms with Crippen LogP contribution in [0.3, 0.4) is 0 Å². The van der Waals surface area contributed by atoms with Gasteiger partial charge in [0.1, 0.15) is 0 Å². The Balaban J connectivity index is 1.87. The van der Waals surface area contributed by atoms with Crippen molar-refractivity contribution >= 4 is 5.91 Å². The van der Waals surface area contributed by atoms with Crippen LogP contribution >= 0.6 is 0 Å². The molecule has 2 rings (SSSR count). The molecule has 0 spiro atoms. The summed E-state index contributed by atoms with van der Waals surface area (Å²) in [5.74, 6) is 0.186. The molecule has 1 aromatic heterocycles. The van der Waals surface area contributed by atoms with Gasteiger partial charge in [-0.15, -0.1) is 0 Å². The second-order valence-electron chi connectivity index (χ2n) is 5.12. The number of hydrogen-bond donors (Lipinski definition) is 2. The Kier molecular flexibility index (Phi) is 4.42. The molecule has 2 unspecified atom stereocenters. The van der Waals surface area contributed by atoms with E-state index in [1.165, 1.54) is 5.56 Å². The number of rotatable bonds is 6. The van der Waals surface area contributed by atoms with Gasteiger partial charge in [0.05, 0.1) is 0 Å². The van der Waals surface area contributed by atoms with Crippen LogP contribution in [0, 0.1) is 0 Å². The second kappa shape index (κ2) is 6.05. The van der Waals surface area contributed by atoms with E-state index in [2.05, 4.69) is 47.5 Å². The number of aromatic nitrogens is 1. The topological polar surface area (TPSA) is 46.1 Å². The van der Waals surface area contributed by atoms with Crippen molar-refractivity contribution < 1.29 is 4.79 Å². The maximum absolute atomic E-state index is 11.1. The third-order valence-electron chi connectivity index (χ3n) is 3.49. The number of carbonyl (C=O) groups is 1. The van der Waals surface area contributed by atoms with Crippen LogP contribution in [0.25, 0.3) is 0 Å². The maximum Gasteiger partial charge on any atom is 0.220 e. The Morgan fingerprint density at radius 1 is 1.61 bits per heavy atom. The van der Waals surface area contributed by atoms with Crippen LogP contribution < -0.4 is 10.6 Å². The summed E-state index contributed by atoms with van der Waals surface area (Å²) in [6, 6.07) is 2.85. The van der Waals surface area contributed by atoms with E-state index in [9.17, 15) is 4.79 Å². The molecule has 100 valence electrons. The standard InChI is InChI=1S/C14H23N3O/c1-3-7-15-11(2)12-6-8-17(9-12)10-13-4-5-14(18)16-13/h6,8-9,11,13,15H,3-5,7,10H2,1-2H3,(H,16,18). The molecule has 1 aliphatic rings. The van der Waals surface area contributed by atoms with E-state index < -0.39 is 0 Å². The first-order chi connectivity index (χ1) is 8.69. The van der Waals surface area contributed by atoms with E-state index in [1.807, 2.05) is 0 Å². The Bertz CT molecular complexity index is 399. The van der Waals surface area contributed by atoms with Crippen molar-refractivity contribution in [3.63, 3.8) is 0 Å². The Hall–Kier alpha value is -1.29. The van der Waals surface area contributed by atoms with Crippen molar-refractivity contribution in [2.45, 2.75) is 51.7 Å². The molecule has 1 amide bonds. The smallest absolute Gasteiger partial charge is 0.220 e. The van der Waals surface area contributed by atoms with Gasteiger partial charge in [0, 0.05) is 37.4 Å².